The highest BCUT2D eigenvalue weighted by Crippen LogP contribution is 2.18. The van der Waals surface area contributed by atoms with Crippen molar-refractivity contribution in [2.75, 3.05) is 5.73 Å². The van der Waals surface area contributed by atoms with Gasteiger partial charge in [-0.3, -0.25) is 9.48 Å². The minimum atomic E-state index is -0.369. The molecule has 2 aromatic rings. The van der Waals surface area contributed by atoms with Crippen LogP contribution in [0.4, 0.5) is 10.1 Å². The van der Waals surface area contributed by atoms with Crippen LogP contribution < -0.4 is 11.1 Å². The molecule has 2 rings (SSSR count). The first-order valence-corrected chi connectivity index (χ1v) is 7.28. The number of hydrogen-bond donors (Lipinski definition) is 2. The second-order valence-electron chi connectivity index (χ2n) is 4.58. The van der Waals surface area contributed by atoms with Gasteiger partial charge in [-0.05, 0) is 32.0 Å². The molecule has 3 N–H and O–H groups in total. The Morgan fingerprint density at radius 1 is 1.52 bits per heavy atom. The average Bonchev–Trinajstić information content (AvgIpc) is 2.75. The van der Waals surface area contributed by atoms with Crippen LogP contribution >= 0.6 is 15.9 Å². The van der Waals surface area contributed by atoms with Gasteiger partial charge in [-0.25, -0.2) is 4.39 Å². The van der Waals surface area contributed by atoms with Crippen molar-refractivity contribution in [1.29, 1.82) is 0 Å². The molecule has 1 heterocycles. The maximum atomic E-state index is 13.6. The first-order chi connectivity index (χ1) is 9.93. The van der Waals surface area contributed by atoms with Gasteiger partial charge < -0.3 is 11.1 Å². The number of nitrogens with zero attached hydrogens (tertiary/aromatic N) is 2. The highest BCUT2D eigenvalue weighted by atomic mass is 79.9. The lowest BCUT2D eigenvalue weighted by molar-refractivity contribution is 0.0941. The van der Waals surface area contributed by atoms with Crippen molar-refractivity contribution >= 4 is 27.5 Å². The molecule has 0 atom stereocenters. The molecule has 0 unspecified atom stereocenters. The van der Waals surface area contributed by atoms with Crippen LogP contribution in [0.2, 0.25) is 0 Å². The molecule has 7 heteroatoms. The molecule has 21 heavy (non-hydrogen) atoms. The van der Waals surface area contributed by atoms with E-state index in [-0.39, 0.29) is 18.3 Å². The Hall–Kier alpha value is -1.89. The summed E-state index contributed by atoms with van der Waals surface area (Å²) in [5.74, 6) is -0.735. The van der Waals surface area contributed by atoms with E-state index in [2.05, 4.69) is 26.3 Å². The number of hydrogen-bond acceptors (Lipinski definition) is 3. The molecular weight excluding hydrogens is 339 g/mol. The molecule has 0 radical (unpaired) electrons. The van der Waals surface area contributed by atoms with Crippen molar-refractivity contribution < 1.29 is 9.18 Å². The Kier molecular flexibility index (Phi) is 4.62. The van der Waals surface area contributed by atoms with Crippen molar-refractivity contribution in [2.45, 2.75) is 26.9 Å². The molecule has 5 nitrogen and oxygen atoms in total. The van der Waals surface area contributed by atoms with Crippen molar-refractivity contribution in [3.05, 3.63) is 45.4 Å². The quantitative estimate of drug-likeness (QED) is 0.886. The Balaban J connectivity index is 2.17. The van der Waals surface area contributed by atoms with Gasteiger partial charge in [0.25, 0.3) is 5.91 Å². The first-order valence-electron chi connectivity index (χ1n) is 6.49. The number of amides is 1. The molecule has 0 aliphatic heterocycles. The van der Waals surface area contributed by atoms with Crippen molar-refractivity contribution in [1.82, 2.24) is 15.1 Å². The number of benzene rings is 1. The van der Waals surface area contributed by atoms with Gasteiger partial charge >= 0.3 is 0 Å². The average molecular weight is 355 g/mol. The standard InChI is InChI=1S/C14H16BrFN4O/c1-3-20-13(12(17)8(2)19-20)14(21)18-7-9-6-10(15)4-5-11(9)16/h4-6H,3,7,17H2,1-2H3,(H,18,21). The number of carbonyl (C=O) groups is 1. The van der Waals surface area contributed by atoms with Gasteiger partial charge in [0.2, 0.25) is 0 Å². The molecule has 0 saturated carbocycles. The second-order valence-corrected chi connectivity index (χ2v) is 5.50. The zero-order valence-corrected chi connectivity index (χ0v) is 13.4. The highest BCUT2D eigenvalue weighted by Gasteiger charge is 2.19. The fraction of sp³-hybridized carbons (Fsp3) is 0.286. The molecular formula is C14H16BrFN4O. The third kappa shape index (κ3) is 3.24. The van der Waals surface area contributed by atoms with E-state index < -0.39 is 0 Å². The Morgan fingerprint density at radius 2 is 2.24 bits per heavy atom. The number of anilines is 1. The lowest BCUT2D eigenvalue weighted by Gasteiger charge is -2.09. The van der Waals surface area contributed by atoms with E-state index in [4.69, 9.17) is 5.73 Å². The number of nitrogens with two attached hydrogens (primary N) is 1. The topological polar surface area (TPSA) is 72.9 Å². The zero-order valence-electron chi connectivity index (χ0n) is 11.8. The third-order valence-corrected chi connectivity index (χ3v) is 3.63. The Morgan fingerprint density at radius 3 is 2.90 bits per heavy atom. The van der Waals surface area contributed by atoms with E-state index in [9.17, 15) is 9.18 Å². The first kappa shape index (κ1) is 15.5. The molecule has 0 fully saturated rings. The smallest absolute Gasteiger partial charge is 0.271 e. The summed E-state index contributed by atoms with van der Waals surface area (Å²) < 4.78 is 15.9. The molecule has 1 aromatic heterocycles. The normalized spacial score (nSPS) is 10.7. The monoisotopic (exact) mass is 354 g/mol. The molecule has 1 amide bonds. The molecule has 0 aliphatic rings. The summed E-state index contributed by atoms with van der Waals surface area (Å²) in [5.41, 5.74) is 7.54. The number of aromatic nitrogens is 2. The Labute approximate surface area is 130 Å². The lowest BCUT2D eigenvalue weighted by Crippen LogP contribution is -2.27. The number of nitrogens with one attached hydrogen (secondary N) is 1. The third-order valence-electron chi connectivity index (χ3n) is 3.14. The fourth-order valence-electron chi connectivity index (χ4n) is 2.00. The number of rotatable bonds is 4. The van der Waals surface area contributed by atoms with E-state index >= 15 is 0 Å². The highest BCUT2D eigenvalue weighted by molar-refractivity contribution is 9.10. The maximum Gasteiger partial charge on any atom is 0.271 e. The number of carbonyl (C=O) groups excluding carboxylic acids is 1. The zero-order chi connectivity index (χ0) is 15.6. The lowest BCUT2D eigenvalue weighted by atomic mass is 10.2. The minimum absolute atomic E-state index is 0.0808. The van der Waals surface area contributed by atoms with Gasteiger partial charge in [0.1, 0.15) is 11.5 Å². The molecule has 0 spiro atoms. The summed E-state index contributed by atoms with van der Waals surface area (Å²) in [5, 5.41) is 6.86. The van der Waals surface area contributed by atoms with Crippen molar-refractivity contribution in [3.63, 3.8) is 0 Å². The Bertz CT molecular complexity index is 684. The number of halogens is 2. The van der Waals surface area contributed by atoms with Crippen LogP contribution in [0.25, 0.3) is 0 Å². The van der Waals surface area contributed by atoms with Crippen LogP contribution in [-0.2, 0) is 13.1 Å². The van der Waals surface area contributed by atoms with Gasteiger partial charge in [-0.15, -0.1) is 0 Å². The van der Waals surface area contributed by atoms with Gasteiger partial charge in [-0.1, -0.05) is 15.9 Å². The van der Waals surface area contributed by atoms with Crippen LogP contribution in [0, 0.1) is 12.7 Å². The fourth-order valence-corrected chi connectivity index (χ4v) is 2.41. The van der Waals surface area contributed by atoms with Crippen LogP contribution in [0.5, 0.6) is 0 Å². The number of nitrogen functional groups attached to an aromatic ring is 1. The van der Waals surface area contributed by atoms with Gasteiger partial charge in [0.05, 0.1) is 11.4 Å². The van der Waals surface area contributed by atoms with E-state index in [1.807, 2.05) is 6.92 Å². The van der Waals surface area contributed by atoms with E-state index in [0.29, 0.717) is 29.2 Å². The summed E-state index contributed by atoms with van der Waals surface area (Å²) in [6.07, 6.45) is 0. The largest absolute Gasteiger partial charge is 0.395 e. The summed E-state index contributed by atoms with van der Waals surface area (Å²) in [6, 6.07) is 4.58. The van der Waals surface area contributed by atoms with Crippen molar-refractivity contribution in [2.24, 2.45) is 0 Å². The van der Waals surface area contributed by atoms with Gasteiger partial charge in [0, 0.05) is 23.1 Å². The van der Waals surface area contributed by atoms with Crippen LogP contribution in [-0.4, -0.2) is 15.7 Å². The predicted octanol–water partition coefficient (Wildman–Crippen LogP) is 2.63. The van der Waals surface area contributed by atoms with Crippen LogP contribution in [0.3, 0.4) is 0 Å². The number of aryl methyl sites for hydroxylation is 2. The van der Waals surface area contributed by atoms with E-state index in [1.54, 1.807) is 19.1 Å². The molecule has 0 aliphatic carbocycles. The second kappa shape index (κ2) is 6.26. The van der Waals surface area contributed by atoms with E-state index in [1.165, 1.54) is 10.7 Å². The molecule has 1 aromatic carbocycles. The predicted molar refractivity (Wildman–Crippen MR) is 82.3 cm³/mol. The SMILES string of the molecule is CCn1nc(C)c(N)c1C(=O)NCc1cc(Br)ccc1F. The van der Waals surface area contributed by atoms with Crippen molar-refractivity contribution in [3.8, 4) is 0 Å². The maximum absolute atomic E-state index is 13.6. The van der Waals surface area contributed by atoms with Gasteiger partial charge in [0.15, 0.2) is 0 Å². The van der Waals surface area contributed by atoms with Crippen LogP contribution in [0.1, 0.15) is 28.7 Å². The van der Waals surface area contributed by atoms with Crippen LogP contribution in [0.15, 0.2) is 22.7 Å². The van der Waals surface area contributed by atoms with E-state index in [0.717, 1.165) is 4.47 Å². The minimum Gasteiger partial charge on any atom is -0.395 e. The summed E-state index contributed by atoms with van der Waals surface area (Å²) >= 11 is 3.27. The summed E-state index contributed by atoms with van der Waals surface area (Å²) in [6.45, 7) is 4.23. The molecule has 112 valence electrons. The molecule has 0 saturated heterocycles. The summed E-state index contributed by atoms with van der Waals surface area (Å²) in [7, 11) is 0. The molecule has 0 bridgehead atoms. The summed E-state index contributed by atoms with van der Waals surface area (Å²) in [4.78, 5) is 12.2. The van der Waals surface area contributed by atoms with Gasteiger partial charge in [-0.2, -0.15) is 5.10 Å².